The second-order valence-electron chi connectivity index (χ2n) is 9.94. The number of hydrogen-bond acceptors (Lipinski definition) is 8. The maximum Gasteiger partial charge on any atom is 0.209 e. The highest BCUT2D eigenvalue weighted by Gasteiger charge is 2.71. The Balaban J connectivity index is 1.39. The third-order valence-corrected chi connectivity index (χ3v) is 7.68. The molecular formula is C27H22F2N8O3. The van der Waals surface area contributed by atoms with Crippen molar-refractivity contribution in [3.63, 3.8) is 0 Å². The Morgan fingerprint density at radius 2 is 1.93 bits per heavy atom. The number of benzene rings is 2. The zero-order valence-corrected chi connectivity index (χ0v) is 20.8. The molecule has 13 heteroatoms. The van der Waals surface area contributed by atoms with E-state index in [4.69, 9.17) is 5.53 Å². The van der Waals surface area contributed by atoms with Crippen LogP contribution in [0.2, 0.25) is 0 Å². The van der Waals surface area contributed by atoms with E-state index in [1.54, 1.807) is 28.8 Å². The lowest BCUT2D eigenvalue weighted by Gasteiger charge is -2.23. The number of azide groups is 1. The van der Waals surface area contributed by atoms with Crippen LogP contribution >= 0.6 is 0 Å². The molecule has 0 unspecified atom stereocenters. The molecule has 4 aromatic rings. The van der Waals surface area contributed by atoms with Crippen LogP contribution in [0.3, 0.4) is 0 Å². The quantitative estimate of drug-likeness (QED) is 0.125. The van der Waals surface area contributed by atoms with Crippen LogP contribution in [0.15, 0.2) is 53.9 Å². The molecule has 0 radical (unpaired) electrons. The number of nitrogens with one attached hydrogen (secondary N) is 1. The minimum absolute atomic E-state index is 0.0671. The van der Waals surface area contributed by atoms with Crippen LogP contribution in [0.4, 0.5) is 20.3 Å². The van der Waals surface area contributed by atoms with Crippen LogP contribution in [0.5, 0.6) is 0 Å². The molecule has 2 saturated carbocycles. The number of imidazole rings is 1. The molecule has 2 heterocycles. The second kappa shape index (κ2) is 9.86. The number of aromatic nitrogens is 4. The molecule has 0 bridgehead atoms. The SMILES string of the molecule is [N-]=[N+]=Nc1ccc(CNc2nc(C#Cc3ccc(F)c(F)c3)nc3c2ncn3[C@H]2[C@H](O)[C@H](O)[C@]3(CO)C[C@H]23)cc1. The van der Waals surface area contributed by atoms with Crippen LogP contribution in [-0.2, 0) is 6.54 Å². The average molecular weight is 545 g/mol. The highest BCUT2D eigenvalue weighted by Crippen LogP contribution is 2.67. The van der Waals surface area contributed by atoms with Gasteiger partial charge >= 0.3 is 0 Å². The molecule has 0 aliphatic heterocycles. The van der Waals surface area contributed by atoms with Gasteiger partial charge in [0.15, 0.2) is 28.6 Å². The normalized spacial score (nSPS) is 24.6. The Morgan fingerprint density at radius 3 is 2.62 bits per heavy atom. The Kier molecular flexibility index (Phi) is 6.32. The van der Waals surface area contributed by atoms with Crippen molar-refractivity contribution in [3.05, 3.63) is 87.8 Å². The van der Waals surface area contributed by atoms with Crippen molar-refractivity contribution in [2.45, 2.75) is 31.2 Å². The maximum absolute atomic E-state index is 13.7. The summed E-state index contributed by atoms with van der Waals surface area (Å²) in [5, 5.41) is 38.1. The predicted octanol–water partition coefficient (Wildman–Crippen LogP) is 3.33. The first kappa shape index (κ1) is 25.7. The molecule has 2 aliphatic rings. The summed E-state index contributed by atoms with van der Waals surface area (Å²) in [6, 6.07) is 9.65. The van der Waals surface area contributed by atoms with E-state index in [0.717, 1.165) is 17.7 Å². The van der Waals surface area contributed by atoms with Gasteiger partial charge in [0.05, 0.1) is 25.1 Å². The van der Waals surface area contributed by atoms with Crippen LogP contribution < -0.4 is 5.32 Å². The molecule has 0 amide bonds. The Labute approximate surface area is 225 Å². The fraction of sp³-hybridized carbons (Fsp3) is 0.296. The van der Waals surface area contributed by atoms with Gasteiger partial charge in [0.2, 0.25) is 5.82 Å². The number of rotatable bonds is 6. The number of fused-ring (bicyclic) bond motifs is 2. The molecule has 2 aliphatic carbocycles. The van der Waals surface area contributed by atoms with Crippen molar-refractivity contribution in [2.24, 2.45) is 16.4 Å². The smallest absolute Gasteiger partial charge is 0.209 e. The number of anilines is 1. The predicted molar refractivity (Wildman–Crippen MR) is 139 cm³/mol. The van der Waals surface area contributed by atoms with Crippen molar-refractivity contribution >= 4 is 22.7 Å². The van der Waals surface area contributed by atoms with Crippen molar-refractivity contribution < 1.29 is 24.1 Å². The van der Waals surface area contributed by atoms with Crippen molar-refractivity contribution in [3.8, 4) is 11.8 Å². The molecule has 2 fully saturated rings. The minimum atomic E-state index is -1.14. The van der Waals surface area contributed by atoms with E-state index in [-0.39, 0.29) is 23.9 Å². The number of halogens is 2. The highest BCUT2D eigenvalue weighted by molar-refractivity contribution is 5.83. The lowest BCUT2D eigenvalue weighted by Crippen LogP contribution is -2.35. The van der Waals surface area contributed by atoms with E-state index in [1.165, 1.54) is 12.4 Å². The van der Waals surface area contributed by atoms with E-state index in [1.807, 2.05) is 0 Å². The van der Waals surface area contributed by atoms with Crippen molar-refractivity contribution in [1.82, 2.24) is 19.5 Å². The van der Waals surface area contributed by atoms with Gasteiger partial charge in [0.1, 0.15) is 6.10 Å². The summed E-state index contributed by atoms with van der Waals surface area (Å²) in [6.45, 7) is 0.0802. The van der Waals surface area contributed by atoms with Gasteiger partial charge in [-0.25, -0.2) is 23.7 Å². The fourth-order valence-electron chi connectivity index (χ4n) is 5.48. The van der Waals surface area contributed by atoms with Gasteiger partial charge in [0, 0.05) is 28.1 Å². The topological polar surface area (TPSA) is 165 Å². The molecule has 6 rings (SSSR count). The molecule has 4 N–H and O–H groups in total. The molecule has 2 aromatic heterocycles. The monoisotopic (exact) mass is 544 g/mol. The third-order valence-electron chi connectivity index (χ3n) is 7.68. The van der Waals surface area contributed by atoms with Crippen LogP contribution in [0.25, 0.3) is 21.6 Å². The van der Waals surface area contributed by atoms with Crippen LogP contribution in [0.1, 0.15) is 29.4 Å². The Morgan fingerprint density at radius 1 is 1.12 bits per heavy atom. The zero-order chi connectivity index (χ0) is 28.0. The summed E-state index contributed by atoms with van der Waals surface area (Å²) in [5.74, 6) is 3.76. The van der Waals surface area contributed by atoms with Gasteiger partial charge in [-0.1, -0.05) is 35.3 Å². The number of aliphatic hydroxyl groups is 3. The molecule has 11 nitrogen and oxygen atoms in total. The van der Waals surface area contributed by atoms with E-state index < -0.39 is 35.3 Å². The average Bonchev–Trinajstić information content (AvgIpc) is 3.48. The summed E-state index contributed by atoms with van der Waals surface area (Å²) in [7, 11) is 0. The van der Waals surface area contributed by atoms with Gasteiger partial charge in [-0.2, -0.15) is 0 Å². The lowest BCUT2D eigenvalue weighted by atomic mass is 10.0. The van der Waals surface area contributed by atoms with Gasteiger partial charge < -0.3 is 25.2 Å². The highest BCUT2D eigenvalue weighted by atomic mass is 19.2. The van der Waals surface area contributed by atoms with E-state index in [2.05, 4.69) is 42.1 Å². The fourth-order valence-corrected chi connectivity index (χ4v) is 5.48. The first-order chi connectivity index (χ1) is 19.3. The number of nitrogens with zero attached hydrogens (tertiary/aromatic N) is 7. The molecule has 202 valence electrons. The van der Waals surface area contributed by atoms with E-state index >= 15 is 0 Å². The summed E-state index contributed by atoms with van der Waals surface area (Å²) in [4.78, 5) is 16.3. The molecule has 0 saturated heterocycles. The number of aliphatic hydroxyl groups excluding tert-OH is 3. The molecule has 0 spiro atoms. The minimum Gasteiger partial charge on any atom is -0.396 e. The second-order valence-corrected chi connectivity index (χ2v) is 9.94. The first-order valence-electron chi connectivity index (χ1n) is 12.4. The summed E-state index contributed by atoms with van der Waals surface area (Å²) < 4.78 is 28.7. The molecule has 40 heavy (non-hydrogen) atoms. The Hall–Kier alpha value is -4.60. The Bertz CT molecular complexity index is 1730. The van der Waals surface area contributed by atoms with Crippen LogP contribution in [-0.4, -0.2) is 53.7 Å². The van der Waals surface area contributed by atoms with Gasteiger partial charge in [-0.05, 0) is 47.6 Å². The van der Waals surface area contributed by atoms with Gasteiger partial charge in [-0.15, -0.1) is 0 Å². The zero-order valence-electron chi connectivity index (χ0n) is 20.8. The van der Waals surface area contributed by atoms with E-state index in [9.17, 15) is 24.1 Å². The van der Waals surface area contributed by atoms with Crippen molar-refractivity contribution in [2.75, 3.05) is 11.9 Å². The first-order valence-corrected chi connectivity index (χ1v) is 12.4. The molecule has 5 atom stereocenters. The van der Waals surface area contributed by atoms with Crippen molar-refractivity contribution in [1.29, 1.82) is 0 Å². The standard InChI is InChI=1S/C27H22F2N8O3/c28-18-7-3-14(9-19(18)29)4-8-20-33-25(31-11-15-1-5-16(6-2-15)35-36-30)21-26(34-20)37(13-32-21)22-17-10-27(17,12-38)24(40)23(22)39/h1-3,5-7,9,13,17,22-24,38-40H,10-12H2,(H,31,33,34)/t17-,22-,23+,24+,27+/m1/s1. The summed E-state index contributed by atoms with van der Waals surface area (Å²) >= 11 is 0. The summed E-state index contributed by atoms with van der Waals surface area (Å²) in [6.07, 6.45) is -0.166. The molecule has 2 aromatic carbocycles. The largest absolute Gasteiger partial charge is 0.396 e. The summed E-state index contributed by atoms with van der Waals surface area (Å²) in [5.41, 5.74) is 10.2. The number of hydrogen-bond donors (Lipinski definition) is 4. The van der Waals surface area contributed by atoms with Crippen LogP contribution in [0, 0.1) is 34.8 Å². The maximum atomic E-state index is 13.7. The lowest BCUT2D eigenvalue weighted by molar-refractivity contribution is -0.0300. The van der Waals surface area contributed by atoms with E-state index in [0.29, 0.717) is 35.6 Å². The third kappa shape index (κ3) is 4.29. The molecular weight excluding hydrogens is 522 g/mol. The van der Waals surface area contributed by atoms with Gasteiger partial charge in [-0.3, -0.25) is 0 Å². The van der Waals surface area contributed by atoms with Gasteiger partial charge in [0.25, 0.3) is 0 Å².